The first-order chi connectivity index (χ1) is 19.6. The number of nitrogens with zero attached hydrogens (tertiary/aromatic N) is 2. The van der Waals surface area contributed by atoms with Crippen LogP contribution >= 0.6 is 11.6 Å². The van der Waals surface area contributed by atoms with Gasteiger partial charge in [0.05, 0.1) is 10.3 Å². The van der Waals surface area contributed by atoms with Gasteiger partial charge in [0, 0.05) is 42.1 Å². The minimum absolute atomic E-state index is 0.0799. The summed E-state index contributed by atoms with van der Waals surface area (Å²) >= 11 is 6.00. The highest BCUT2D eigenvalue weighted by molar-refractivity contribution is 7.89. The molecular weight excluding hydrogens is 560 g/mol. The van der Waals surface area contributed by atoms with Crippen molar-refractivity contribution in [3.63, 3.8) is 0 Å². The van der Waals surface area contributed by atoms with Gasteiger partial charge < -0.3 is 16.0 Å². The Kier molecular flexibility index (Phi) is 8.25. The molecule has 0 saturated carbocycles. The molecule has 1 amide bonds. The molecule has 1 aromatic heterocycles. The van der Waals surface area contributed by atoms with Crippen molar-refractivity contribution in [2.75, 3.05) is 23.7 Å². The molecule has 0 radical (unpaired) electrons. The number of amides is 1. The molecule has 4 bridgehead atoms. The van der Waals surface area contributed by atoms with Crippen LogP contribution in [0, 0.1) is 0 Å². The Bertz CT molecular complexity index is 1660. The normalized spacial score (nSPS) is 14.8. The van der Waals surface area contributed by atoms with Gasteiger partial charge in [-0.05, 0) is 67.3 Å². The lowest BCUT2D eigenvalue weighted by atomic mass is 9.83. The molecule has 3 aromatic carbocycles. The van der Waals surface area contributed by atoms with E-state index >= 15 is 0 Å². The zero-order valence-electron chi connectivity index (χ0n) is 22.7. The summed E-state index contributed by atoms with van der Waals surface area (Å²) in [7, 11) is -3.61. The SMILES string of the molecule is CC(C)(C(=O)NCc1ccc(-c2cnc3nc2NCCCNS(=O)(=O)c2cccc(c2)N3)cc1)c1ccc(Cl)cc1. The first kappa shape index (κ1) is 28.5. The van der Waals surface area contributed by atoms with Crippen molar-refractivity contribution in [3.8, 4) is 11.1 Å². The minimum atomic E-state index is -3.61. The van der Waals surface area contributed by atoms with E-state index in [0.717, 1.165) is 22.3 Å². The highest BCUT2D eigenvalue weighted by Crippen LogP contribution is 2.29. The number of benzene rings is 3. The number of anilines is 3. The first-order valence-corrected chi connectivity index (χ1v) is 15.1. The summed E-state index contributed by atoms with van der Waals surface area (Å²) in [4.78, 5) is 22.3. The lowest BCUT2D eigenvalue weighted by molar-refractivity contribution is -0.125. The smallest absolute Gasteiger partial charge is 0.240 e. The summed E-state index contributed by atoms with van der Waals surface area (Å²) in [5.41, 5.74) is 3.41. The largest absolute Gasteiger partial charge is 0.369 e. The van der Waals surface area contributed by atoms with Gasteiger partial charge in [-0.15, -0.1) is 0 Å². The third kappa shape index (κ3) is 6.67. The molecule has 1 aliphatic rings. The van der Waals surface area contributed by atoms with Gasteiger partial charge in [0.15, 0.2) is 0 Å². The number of carbonyl (C=O) groups excluding carboxylic acids is 1. The summed E-state index contributed by atoms with van der Waals surface area (Å²) in [5, 5.41) is 10.1. The zero-order chi connectivity index (χ0) is 29.0. The zero-order valence-corrected chi connectivity index (χ0v) is 24.3. The van der Waals surface area contributed by atoms with Gasteiger partial charge in [0.1, 0.15) is 5.82 Å². The molecule has 0 spiro atoms. The molecule has 0 saturated heterocycles. The van der Waals surface area contributed by atoms with Gasteiger partial charge in [0.25, 0.3) is 0 Å². The van der Waals surface area contributed by atoms with E-state index in [1.165, 1.54) is 0 Å². The number of fused-ring (bicyclic) bond motifs is 4. The lowest BCUT2D eigenvalue weighted by Gasteiger charge is -2.24. The maximum absolute atomic E-state index is 13.0. The molecule has 4 N–H and O–H groups in total. The molecule has 4 aromatic rings. The predicted octanol–water partition coefficient (Wildman–Crippen LogP) is 5.23. The number of rotatable bonds is 5. The van der Waals surface area contributed by atoms with Crippen molar-refractivity contribution >= 4 is 45.0 Å². The maximum atomic E-state index is 13.0. The van der Waals surface area contributed by atoms with Crippen LogP contribution in [-0.2, 0) is 26.8 Å². The van der Waals surface area contributed by atoms with E-state index in [0.29, 0.717) is 42.0 Å². The topological polar surface area (TPSA) is 125 Å². The molecule has 0 aliphatic carbocycles. The van der Waals surface area contributed by atoms with Crippen molar-refractivity contribution in [1.82, 2.24) is 20.0 Å². The average molecular weight is 591 g/mol. The Morgan fingerprint density at radius 2 is 1.78 bits per heavy atom. The Morgan fingerprint density at radius 1 is 1.02 bits per heavy atom. The fourth-order valence-corrected chi connectivity index (χ4v) is 5.69. The molecule has 1 aliphatic heterocycles. The third-order valence-electron chi connectivity index (χ3n) is 6.98. The monoisotopic (exact) mass is 590 g/mol. The molecule has 0 fully saturated rings. The number of sulfonamides is 1. The van der Waals surface area contributed by atoms with E-state index in [-0.39, 0.29) is 17.3 Å². The van der Waals surface area contributed by atoms with Gasteiger partial charge in [-0.3, -0.25) is 4.79 Å². The van der Waals surface area contributed by atoms with Crippen molar-refractivity contribution < 1.29 is 13.2 Å². The van der Waals surface area contributed by atoms with E-state index in [1.807, 2.05) is 50.2 Å². The molecular formula is C30H31ClN6O3S. The Morgan fingerprint density at radius 3 is 2.54 bits per heavy atom. The summed E-state index contributed by atoms with van der Waals surface area (Å²) in [6.45, 7) is 4.96. The van der Waals surface area contributed by atoms with Crippen LogP contribution in [-0.4, -0.2) is 37.4 Å². The Balaban J connectivity index is 1.31. The number of hydrogen-bond acceptors (Lipinski definition) is 7. The number of hydrogen-bond donors (Lipinski definition) is 4. The van der Waals surface area contributed by atoms with E-state index in [9.17, 15) is 13.2 Å². The van der Waals surface area contributed by atoms with Crippen LogP contribution in [0.5, 0.6) is 0 Å². The lowest BCUT2D eigenvalue weighted by Crippen LogP contribution is -2.39. The molecule has 9 nitrogen and oxygen atoms in total. The Labute approximate surface area is 244 Å². The van der Waals surface area contributed by atoms with Crippen LogP contribution < -0.4 is 20.7 Å². The number of aromatic nitrogens is 2. The number of carbonyl (C=O) groups is 1. The van der Waals surface area contributed by atoms with Crippen LogP contribution in [0.15, 0.2) is 83.9 Å². The van der Waals surface area contributed by atoms with Crippen LogP contribution in [0.2, 0.25) is 5.02 Å². The minimum Gasteiger partial charge on any atom is -0.369 e. The van der Waals surface area contributed by atoms with Crippen LogP contribution in [0.25, 0.3) is 11.1 Å². The van der Waals surface area contributed by atoms with E-state index in [2.05, 4.69) is 30.6 Å². The molecule has 2 heterocycles. The molecule has 11 heteroatoms. The highest BCUT2D eigenvalue weighted by atomic mass is 35.5. The van der Waals surface area contributed by atoms with Crippen LogP contribution in [0.3, 0.4) is 0 Å². The standard InChI is InChI=1S/C30H31ClN6O3S/c1-30(2,22-11-13-23(31)14-12-22)28(38)33-18-20-7-9-21(10-8-20)26-19-34-29-36-24-5-3-6-25(17-24)41(39,40)35-16-4-15-32-27(26)37-29/h3,5-14,17,19,35H,4,15-16,18H2,1-2H3,(H,33,38)(H2,32,34,36,37). The van der Waals surface area contributed by atoms with Crippen molar-refractivity contribution in [2.24, 2.45) is 0 Å². The fourth-order valence-electron chi connectivity index (χ4n) is 4.45. The van der Waals surface area contributed by atoms with Crippen LogP contribution in [0.1, 0.15) is 31.4 Å². The van der Waals surface area contributed by atoms with Gasteiger partial charge in [0.2, 0.25) is 21.9 Å². The summed E-state index contributed by atoms with van der Waals surface area (Å²) < 4.78 is 27.9. The van der Waals surface area contributed by atoms with Gasteiger partial charge in [-0.1, -0.05) is 54.1 Å². The van der Waals surface area contributed by atoms with Gasteiger partial charge in [-0.2, -0.15) is 4.98 Å². The van der Waals surface area contributed by atoms with E-state index in [4.69, 9.17) is 11.6 Å². The maximum Gasteiger partial charge on any atom is 0.240 e. The summed E-state index contributed by atoms with van der Waals surface area (Å²) in [6.07, 6.45) is 2.30. The molecule has 5 rings (SSSR count). The summed E-state index contributed by atoms with van der Waals surface area (Å²) in [6, 6.07) is 21.7. The van der Waals surface area contributed by atoms with E-state index < -0.39 is 15.4 Å². The Hall–Kier alpha value is -3.99. The average Bonchev–Trinajstić information content (AvgIpc) is 2.96. The third-order valence-corrected chi connectivity index (χ3v) is 8.69. The second kappa shape index (κ2) is 11.9. The summed E-state index contributed by atoms with van der Waals surface area (Å²) in [5.74, 6) is 0.899. The first-order valence-electron chi connectivity index (χ1n) is 13.2. The second-order valence-electron chi connectivity index (χ2n) is 10.3. The fraction of sp³-hybridized carbons (Fsp3) is 0.233. The van der Waals surface area contributed by atoms with Crippen molar-refractivity contribution in [2.45, 2.75) is 37.1 Å². The molecule has 0 atom stereocenters. The predicted molar refractivity (Wildman–Crippen MR) is 162 cm³/mol. The highest BCUT2D eigenvalue weighted by Gasteiger charge is 2.29. The molecule has 0 unspecified atom stereocenters. The number of nitrogens with one attached hydrogen (secondary N) is 4. The van der Waals surface area contributed by atoms with Crippen molar-refractivity contribution in [3.05, 3.63) is 95.1 Å². The van der Waals surface area contributed by atoms with E-state index in [1.54, 1.807) is 42.6 Å². The van der Waals surface area contributed by atoms with Gasteiger partial charge in [-0.25, -0.2) is 18.1 Å². The van der Waals surface area contributed by atoms with Crippen molar-refractivity contribution in [1.29, 1.82) is 0 Å². The van der Waals surface area contributed by atoms with Crippen LogP contribution in [0.4, 0.5) is 17.5 Å². The van der Waals surface area contributed by atoms with Gasteiger partial charge >= 0.3 is 0 Å². The quantitative estimate of drug-likeness (QED) is 0.251. The number of halogens is 1. The molecule has 212 valence electrons. The molecule has 41 heavy (non-hydrogen) atoms. The second-order valence-corrected chi connectivity index (χ2v) is 12.5.